The van der Waals surface area contributed by atoms with Gasteiger partial charge in [0.15, 0.2) is 0 Å². The Morgan fingerprint density at radius 3 is 2.57 bits per heavy atom. The number of carbonyl (C=O) groups is 2. The third-order valence-electron chi connectivity index (χ3n) is 6.41. The number of likely N-dealkylation sites (tertiary alicyclic amines) is 1. The number of amides is 1. The molecule has 1 amide bonds. The molecule has 0 aromatic carbocycles. The van der Waals surface area contributed by atoms with Crippen LogP contribution in [0.15, 0.2) is 0 Å². The van der Waals surface area contributed by atoms with E-state index in [1.165, 1.54) is 32.1 Å². The largest absolute Gasteiger partial charge is 0.481 e. The summed E-state index contributed by atoms with van der Waals surface area (Å²) in [6.45, 7) is 2.57. The molecule has 5 heteroatoms. The van der Waals surface area contributed by atoms with E-state index in [9.17, 15) is 14.7 Å². The zero-order valence-electron chi connectivity index (χ0n) is 14.3. The summed E-state index contributed by atoms with van der Waals surface area (Å²) in [6.07, 6.45) is 9.19. The fraction of sp³-hybridized carbons (Fsp3) is 0.889. The third-order valence-corrected chi connectivity index (χ3v) is 6.41. The van der Waals surface area contributed by atoms with Gasteiger partial charge in [0.25, 0.3) is 0 Å². The first-order valence-electron chi connectivity index (χ1n) is 9.21. The number of carboxylic acids is 1. The summed E-state index contributed by atoms with van der Waals surface area (Å²) >= 11 is 0. The Labute approximate surface area is 139 Å². The van der Waals surface area contributed by atoms with Crippen molar-refractivity contribution in [2.24, 2.45) is 17.3 Å². The molecular weight excluding hydrogens is 292 g/mol. The molecule has 1 saturated heterocycles. The highest BCUT2D eigenvalue weighted by molar-refractivity contribution is 5.79. The monoisotopic (exact) mass is 322 g/mol. The Kier molecular flexibility index (Phi) is 4.95. The van der Waals surface area contributed by atoms with E-state index in [1.54, 1.807) is 0 Å². The number of hydrogen-bond donors (Lipinski definition) is 1. The lowest BCUT2D eigenvalue weighted by molar-refractivity contribution is -0.149. The molecule has 0 bridgehead atoms. The van der Waals surface area contributed by atoms with E-state index in [4.69, 9.17) is 0 Å². The van der Waals surface area contributed by atoms with Gasteiger partial charge in [-0.1, -0.05) is 25.7 Å². The van der Waals surface area contributed by atoms with Crippen LogP contribution < -0.4 is 0 Å². The maximum absolute atomic E-state index is 12.5. The smallest absolute Gasteiger partial charge is 0.311 e. The summed E-state index contributed by atoms with van der Waals surface area (Å²) in [5.74, 6) is 0.374. The van der Waals surface area contributed by atoms with Gasteiger partial charge in [0.2, 0.25) is 5.91 Å². The number of fused-ring (bicyclic) bond motifs is 1. The zero-order chi connectivity index (χ0) is 16.4. The van der Waals surface area contributed by atoms with Crippen molar-refractivity contribution in [3.63, 3.8) is 0 Å². The molecule has 2 saturated carbocycles. The SMILES string of the molecule is CN(CC1CCCCC1)C(=O)CN1C[C@@H]2CCC[C@@]2(C(=O)O)C1. The van der Waals surface area contributed by atoms with Crippen molar-refractivity contribution in [2.45, 2.75) is 51.4 Å². The molecule has 3 fully saturated rings. The molecule has 3 aliphatic rings. The van der Waals surface area contributed by atoms with E-state index in [-0.39, 0.29) is 11.8 Å². The molecule has 2 atom stereocenters. The fourth-order valence-corrected chi connectivity index (χ4v) is 5.03. The first-order chi connectivity index (χ1) is 11.0. The second kappa shape index (κ2) is 6.80. The Balaban J connectivity index is 1.51. The van der Waals surface area contributed by atoms with Crippen molar-refractivity contribution >= 4 is 11.9 Å². The molecule has 2 aliphatic carbocycles. The van der Waals surface area contributed by atoms with Crippen LogP contribution in [0, 0.1) is 17.3 Å². The van der Waals surface area contributed by atoms with Crippen LogP contribution in [0.25, 0.3) is 0 Å². The molecule has 5 nitrogen and oxygen atoms in total. The van der Waals surface area contributed by atoms with Crippen molar-refractivity contribution in [3.05, 3.63) is 0 Å². The van der Waals surface area contributed by atoms with Crippen LogP contribution in [0.3, 0.4) is 0 Å². The van der Waals surface area contributed by atoms with Crippen LogP contribution in [0.2, 0.25) is 0 Å². The predicted octanol–water partition coefficient (Wildman–Crippen LogP) is 2.21. The number of hydrogen-bond acceptors (Lipinski definition) is 3. The Morgan fingerprint density at radius 2 is 1.91 bits per heavy atom. The normalized spacial score (nSPS) is 32.0. The number of carbonyl (C=O) groups excluding carboxylic acids is 1. The summed E-state index contributed by atoms with van der Waals surface area (Å²) in [5, 5.41) is 9.63. The van der Waals surface area contributed by atoms with Gasteiger partial charge in [-0.25, -0.2) is 0 Å². The minimum atomic E-state index is -0.662. The first-order valence-corrected chi connectivity index (χ1v) is 9.21. The molecular formula is C18H30N2O3. The quantitative estimate of drug-likeness (QED) is 0.843. The Morgan fingerprint density at radius 1 is 1.17 bits per heavy atom. The van der Waals surface area contributed by atoms with Crippen molar-refractivity contribution < 1.29 is 14.7 Å². The van der Waals surface area contributed by atoms with E-state index < -0.39 is 11.4 Å². The lowest BCUT2D eigenvalue weighted by Crippen LogP contribution is -2.41. The van der Waals surface area contributed by atoms with E-state index in [0.717, 1.165) is 32.4 Å². The van der Waals surface area contributed by atoms with Gasteiger partial charge >= 0.3 is 5.97 Å². The van der Waals surface area contributed by atoms with Crippen LogP contribution in [0.5, 0.6) is 0 Å². The average Bonchev–Trinajstić information content (AvgIpc) is 3.06. The van der Waals surface area contributed by atoms with E-state index >= 15 is 0 Å². The highest BCUT2D eigenvalue weighted by Crippen LogP contribution is 2.48. The lowest BCUT2D eigenvalue weighted by atomic mass is 9.81. The van der Waals surface area contributed by atoms with Crippen LogP contribution in [-0.2, 0) is 9.59 Å². The molecule has 0 aromatic rings. The van der Waals surface area contributed by atoms with Gasteiger partial charge in [-0.05, 0) is 37.5 Å². The summed E-state index contributed by atoms with van der Waals surface area (Å²) in [4.78, 5) is 28.2. The molecule has 0 aromatic heterocycles. The summed E-state index contributed by atoms with van der Waals surface area (Å²) in [6, 6.07) is 0. The average molecular weight is 322 g/mol. The second-order valence-electron chi connectivity index (χ2n) is 8.00. The highest BCUT2D eigenvalue weighted by atomic mass is 16.4. The Bertz CT molecular complexity index is 461. The number of carboxylic acid groups (broad SMARTS) is 1. The van der Waals surface area contributed by atoms with Gasteiger partial charge in [-0.3, -0.25) is 14.5 Å². The standard InChI is InChI=1S/C18H30N2O3/c1-19(10-14-6-3-2-4-7-14)16(21)12-20-11-15-8-5-9-18(15,13-20)17(22)23/h14-15H,2-13H2,1H3,(H,22,23)/t15-,18+/m0/s1. The third kappa shape index (κ3) is 3.39. The van der Waals surface area contributed by atoms with Gasteiger partial charge in [0, 0.05) is 26.7 Å². The predicted molar refractivity (Wildman–Crippen MR) is 88.1 cm³/mol. The van der Waals surface area contributed by atoms with Crippen molar-refractivity contribution in [1.82, 2.24) is 9.80 Å². The van der Waals surface area contributed by atoms with Crippen molar-refractivity contribution in [3.8, 4) is 0 Å². The van der Waals surface area contributed by atoms with E-state index in [0.29, 0.717) is 19.0 Å². The summed E-state index contributed by atoms with van der Waals surface area (Å²) in [7, 11) is 1.90. The number of likely N-dealkylation sites (N-methyl/N-ethyl adjacent to an activating group) is 1. The van der Waals surface area contributed by atoms with Crippen LogP contribution in [-0.4, -0.2) is 60.0 Å². The van der Waals surface area contributed by atoms with Crippen LogP contribution >= 0.6 is 0 Å². The number of rotatable bonds is 5. The molecule has 130 valence electrons. The molecule has 1 N–H and O–H groups in total. The molecule has 1 heterocycles. The number of aliphatic carboxylic acids is 1. The van der Waals surface area contributed by atoms with E-state index in [1.807, 2.05) is 11.9 Å². The second-order valence-corrected chi connectivity index (χ2v) is 8.00. The van der Waals surface area contributed by atoms with Gasteiger partial charge in [0.05, 0.1) is 12.0 Å². The van der Waals surface area contributed by atoms with E-state index in [2.05, 4.69) is 4.90 Å². The molecule has 23 heavy (non-hydrogen) atoms. The van der Waals surface area contributed by atoms with Crippen LogP contribution in [0.1, 0.15) is 51.4 Å². The van der Waals surface area contributed by atoms with Gasteiger partial charge in [-0.2, -0.15) is 0 Å². The fourth-order valence-electron chi connectivity index (χ4n) is 5.03. The minimum Gasteiger partial charge on any atom is -0.481 e. The number of nitrogens with zero attached hydrogens (tertiary/aromatic N) is 2. The minimum absolute atomic E-state index is 0.149. The van der Waals surface area contributed by atoms with Crippen molar-refractivity contribution in [2.75, 3.05) is 33.2 Å². The molecule has 0 spiro atoms. The summed E-state index contributed by atoms with van der Waals surface area (Å²) in [5.41, 5.74) is -0.581. The maximum Gasteiger partial charge on any atom is 0.311 e. The summed E-state index contributed by atoms with van der Waals surface area (Å²) < 4.78 is 0. The first kappa shape index (κ1) is 16.7. The topological polar surface area (TPSA) is 60.9 Å². The molecule has 0 radical (unpaired) electrons. The lowest BCUT2D eigenvalue weighted by Gasteiger charge is -2.28. The van der Waals surface area contributed by atoms with Gasteiger partial charge in [-0.15, -0.1) is 0 Å². The highest BCUT2D eigenvalue weighted by Gasteiger charge is 2.54. The molecule has 0 unspecified atom stereocenters. The Hall–Kier alpha value is -1.10. The maximum atomic E-state index is 12.5. The van der Waals surface area contributed by atoms with Gasteiger partial charge in [0.1, 0.15) is 0 Å². The van der Waals surface area contributed by atoms with Crippen LogP contribution in [0.4, 0.5) is 0 Å². The van der Waals surface area contributed by atoms with Gasteiger partial charge < -0.3 is 10.0 Å². The molecule has 3 rings (SSSR count). The van der Waals surface area contributed by atoms with Crippen molar-refractivity contribution in [1.29, 1.82) is 0 Å². The zero-order valence-corrected chi connectivity index (χ0v) is 14.3. The molecule has 1 aliphatic heterocycles.